The number of benzene rings is 1. The monoisotopic (exact) mass is 257 g/mol. The molecule has 1 aromatic carbocycles. The number of hydrogen-bond acceptors (Lipinski definition) is 3. The Labute approximate surface area is 113 Å². The summed E-state index contributed by atoms with van der Waals surface area (Å²) in [6.07, 6.45) is 1.81. The van der Waals surface area contributed by atoms with E-state index < -0.39 is 0 Å². The van der Waals surface area contributed by atoms with Crippen molar-refractivity contribution in [1.29, 1.82) is 0 Å². The number of anilines is 1. The second kappa shape index (κ2) is 6.20. The van der Waals surface area contributed by atoms with Crippen LogP contribution in [0.25, 0.3) is 0 Å². The number of nitrogens with zero attached hydrogens (tertiary/aromatic N) is 2. The van der Waals surface area contributed by atoms with Gasteiger partial charge < -0.3 is 15.2 Å². The van der Waals surface area contributed by atoms with Crippen molar-refractivity contribution < 1.29 is 0 Å². The second-order valence-corrected chi connectivity index (χ2v) is 4.52. The van der Waals surface area contributed by atoms with Crippen LogP contribution in [0.4, 0.5) is 5.69 Å². The number of nitrogens with two attached hydrogens (primary N) is 1. The van der Waals surface area contributed by atoms with E-state index in [0.717, 1.165) is 17.8 Å². The molecule has 0 atom stereocenters. The maximum absolute atomic E-state index is 11.6. The fourth-order valence-electron chi connectivity index (χ4n) is 1.92. The van der Waals surface area contributed by atoms with Gasteiger partial charge in [0, 0.05) is 44.6 Å². The lowest BCUT2D eigenvalue weighted by atomic mass is 10.2. The van der Waals surface area contributed by atoms with Crippen LogP contribution in [0.15, 0.2) is 53.5 Å². The topological polar surface area (TPSA) is 51.3 Å². The van der Waals surface area contributed by atoms with Crippen LogP contribution >= 0.6 is 0 Å². The van der Waals surface area contributed by atoms with E-state index in [2.05, 4.69) is 17.0 Å². The SMILES string of the molecule is CN(CCn1ccccc1=O)c1ccc(CN)cc1. The van der Waals surface area contributed by atoms with Crippen molar-refractivity contribution in [1.82, 2.24) is 4.57 Å². The van der Waals surface area contributed by atoms with E-state index in [-0.39, 0.29) is 5.56 Å². The summed E-state index contributed by atoms with van der Waals surface area (Å²) in [5.74, 6) is 0. The standard InChI is InChI=1S/C15H19N3O/c1-17(14-7-5-13(12-16)6-8-14)10-11-18-9-3-2-4-15(18)19/h2-9H,10-12,16H2,1H3. The minimum Gasteiger partial charge on any atom is -0.373 e. The molecule has 0 saturated carbocycles. The summed E-state index contributed by atoms with van der Waals surface area (Å²) in [4.78, 5) is 13.7. The molecule has 100 valence electrons. The zero-order valence-corrected chi connectivity index (χ0v) is 11.1. The predicted molar refractivity (Wildman–Crippen MR) is 78.3 cm³/mol. The molecule has 0 aliphatic heterocycles. The van der Waals surface area contributed by atoms with Gasteiger partial charge in [-0.05, 0) is 23.8 Å². The van der Waals surface area contributed by atoms with E-state index in [1.807, 2.05) is 31.4 Å². The largest absolute Gasteiger partial charge is 0.373 e. The highest BCUT2D eigenvalue weighted by atomic mass is 16.1. The first kappa shape index (κ1) is 13.4. The lowest BCUT2D eigenvalue weighted by Gasteiger charge is -2.20. The third-order valence-electron chi connectivity index (χ3n) is 3.19. The van der Waals surface area contributed by atoms with Crippen molar-refractivity contribution in [2.45, 2.75) is 13.1 Å². The van der Waals surface area contributed by atoms with Gasteiger partial charge in [0.2, 0.25) is 0 Å². The first-order valence-corrected chi connectivity index (χ1v) is 6.36. The molecule has 1 aromatic heterocycles. The molecule has 2 N–H and O–H groups in total. The molecule has 19 heavy (non-hydrogen) atoms. The maximum atomic E-state index is 11.6. The Hall–Kier alpha value is -2.07. The number of likely N-dealkylation sites (N-methyl/N-ethyl adjacent to an activating group) is 1. The number of hydrogen-bond donors (Lipinski definition) is 1. The van der Waals surface area contributed by atoms with Gasteiger partial charge >= 0.3 is 0 Å². The fourth-order valence-corrected chi connectivity index (χ4v) is 1.92. The minimum absolute atomic E-state index is 0.0365. The molecular weight excluding hydrogens is 238 g/mol. The molecule has 0 radical (unpaired) electrons. The van der Waals surface area contributed by atoms with Gasteiger partial charge in [-0.1, -0.05) is 18.2 Å². The molecule has 2 aromatic rings. The lowest BCUT2D eigenvalue weighted by Crippen LogP contribution is -2.27. The van der Waals surface area contributed by atoms with E-state index >= 15 is 0 Å². The van der Waals surface area contributed by atoms with Gasteiger partial charge in [-0.25, -0.2) is 0 Å². The molecule has 0 bridgehead atoms. The minimum atomic E-state index is 0.0365. The van der Waals surface area contributed by atoms with Crippen LogP contribution in [0.2, 0.25) is 0 Å². The van der Waals surface area contributed by atoms with Crippen molar-refractivity contribution in [2.24, 2.45) is 5.73 Å². The van der Waals surface area contributed by atoms with Crippen LogP contribution in [-0.2, 0) is 13.1 Å². The first-order chi connectivity index (χ1) is 9.20. The number of pyridine rings is 1. The molecule has 0 saturated heterocycles. The molecule has 0 aliphatic carbocycles. The average molecular weight is 257 g/mol. The molecule has 4 heteroatoms. The molecular formula is C15H19N3O. The maximum Gasteiger partial charge on any atom is 0.250 e. The molecule has 0 fully saturated rings. The third-order valence-corrected chi connectivity index (χ3v) is 3.19. The molecule has 0 unspecified atom stereocenters. The van der Waals surface area contributed by atoms with Gasteiger partial charge in [0.15, 0.2) is 0 Å². The summed E-state index contributed by atoms with van der Waals surface area (Å²) in [6, 6.07) is 13.4. The van der Waals surface area contributed by atoms with Crippen LogP contribution < -0.4 is 16.2 Å². The molecule has 1 heterocycles. The van der Waals surface area contributed by atoms with Crippen molar-refractivity contribution >= 4 is 5.69 Å². The fraction of sp³-hybridized carbons (Fsp3) is 0.267. The predicted octanol–water partition coefficient (Wildman–Crippen LogP) is 1.44. The van der Waals surface area contributed by atoms with Crippen LogP contribution in [0.1, 0.15) is 5.56 Å². The first-order valence-electron chi connectivity index (χ1n) is 6.36. The van der Waals surface area contributed by atoms with Crippen molar-refractivity contribution in [3.05, 3.63) is 64.6 Å². The van der Waals surface area contributed by atoms with Gasteiger partial charge in [0.1, 0.15) is 0 Å². The van der Waals surface area contributed by atoms with Crippen molar-refractivity contribution in [2.75, 3.05) is 18.5 Å². The third kappa shape index (κ3) is 3.45. The summed E-state index contributed by atoms with van der Waals surface area (Å²) in [5.41, 5.74) is 7.86. The summed E-state index contributed by atoms with van der Waals surface area (Å²) >= 11 is 0. The highest BCUT2D eigenvalue weighted by Gasteiger charge is 2.01. The summed E-state index contributed by atoms with van der Waals surface area (Å²) < 4.78 is 1.71. The van der Waals surface area contributed by atoms with E-state index in [1.54, 1.807) is 16.7 Å². The number of rotatable bonds is 5. The molecule has 0 spiro atoms. The Morgan fingerprint density at radius 1 is 1.16 bits per heavy atom. The summed E-state index contributed by atoms with van der Waals surface area (Å²) in [7, 11) is 2.02. The Balaban J connectivity index is 1.99. The van der Waals surface area contributed by atoms with Crippen LogP contribution in [0.3, 0.4) is 0 Å². The Bertz CT molecular complexity index is 574. The highest BCUT2D eigenvalue weighted by Crippen LogP contribution is 2.13. The molecule has 4 nitrogen and oxygen atoms in total. The smallest absolute Gasteiger partial charge is 0.250 e. The normalized spacial score (nSPS) is 10.4. The van der Waals surface area contributed by atoms with Crippen LogP contribution in [0.5, 0.6) is 0 Å². The van der Waals surface area contributed by atoms with Crippen molar-refractivity contribution in [3.8, 4) is 0 Å². The summed E-state index contributed by atoms with van der Waals surface area (Å²) in [6.45, 7) is 2.02. The van der Waals surface area contributed by atoms with E-state index in [4.69, 9.17) is 5.73 Å². The highest BCUT2D eigenvalue weighted by molar-refractivity contribution is 5.46. The van der Waals surface area contributed by atoms with Gasteiger partial charge in [-0.15, -0.1) is 0 Å². The van der Waals surface area contributed by atoms with E-state index in [0.29, 0.717) is 13.1 Å². The quantitative estimate of drug-likeness (QED) is 0.882. The van der Waals surface area contributed by atoms with Gasteiger partial charge in [-0.3, -0.25) is 4.79 Å². The Morgan fingerprint density at radius 2 is 1.89 bits per heavy atom. The molecule has 0 amide bonds. The van der Waals surface area contributed by atoms with Gasteiger partial charge in [0.25, 0.3) is 5.56 Å². The number of aromatic nitrogens is 1. The Morgan fingerprint density at radius 3 is 2.53 bits per heavy atom. The summed E-state index contributed by atoms with van der Waals surface area (Å²) in [5, 5.41) is 0. The lowest BCUT2D eigenvalue weighted by molar-refractivity contribution is 0.661. The van der Waals surface area contributed by atoms with Gasteiger partial charge in [0.05, 0.1) is 0 Å². The second-order valence-electron chi connectivity index (χ2n) is 4.52. The average Bonchev–Trinajstić information content (AvgIpc) is 2.46. The van der Waals surface area contributed by atoms with Gasteiger partial charge in [-0.2, -0.15) is 0 Å². The van der Waals surface area contributed by atoms with Crippen LogP contribution in [0, 0.1) is 0 Å². The molecule has 2 rings (SSSR count). The zero-order valence-electron chi connectivity index (χ0n) is 11.1. The van der Waals surface area contributed by atoms with E-state index in [1.165, 1.54) is 0 Å². The molecule has 0 aliphatic rings. The van der Waals surface area contributed by atoms with Crippen LogP contribution in [-0.4, -0.2) is 18.2 Å². The Kier molecular flexibility index (Phi) is 4.36. The zero-order chi connectivity index (χ0) is 13.7. The van der Waals surface area contributed by atoms with Crippen molar-refractivity contribution in [3.63, 3.8) is 0 Å². The van der Waals surface area contributed by atoms with E-state index in [9.17, 15) is 4.79 Å².